The maximum atomic E-state index is 11.3. The Hall–Kier alpha value is -1.98. The Kier molecular flexibility index (Phi) is 5.18. The van der Waals surface area contributed by atoms with Crippen molar-refractivity contribution in [3.05, 3.63) is 48.5 Å². The van der Waals surface area contributed by atoms with Crippen LogP contribution in [0.2, 0.25) is 0 Å². The average Bonchev–Trinajstić information content (AvgIpc) is 2.67. The monoisotopic (exact) mass is 368 g/mol. The SMILES string of the molecule is O=C(O)[C@@H]1CCCN(CCCN2c3ccccc3Sc3ccccc32)C1. The predicted molar refractivity (Wildman–Crippen MR) is 105 cm³/mol. The maximum Gasteiger partial charge on any atom is 0.307 e. The van der Waals surface area contributed by atoms with Gasteiger partial charge in [-0.25, -0.2) is 0 Å². The Morgan fingerprint density at radius 1 is 1.04 bits per heavy atom. The van der Waals surface area contributed by atoms with Crippen molar-refractivity contribution in [3.63, 3.8) is 0 Å². The number of fused-ring (bicyclic) bond motifs is 2. The van der Waals surface area contributed by atoms with Gasteiger partial charge in [0.25, 0.3) is 0 Å². The maximum absolute atomic E-state index is 11.3. The van der Waals surface area contributed by atoms with E-state index in [9.17, 15) is 9.90 Å². The van der Waals surface area contributed by atoms with Gasteiger partial charge in [0, 0.05) is 22.9 Å². The Balaban J connectivity index is 1.44. The summed E-state index contributed by atoms with van der Waals surface area (Å²) < 4.78 is 0. The van der Waals surface area contributed by atoms with E-state index in [1.165, 1.54) is 21.2 Å². The number of para-hydroxylation sites is 2. The lowest BCUT2D eigenvalue weighted by molar-refractivity contribution is -0.143. The zero-order valence-corrected chi connectivity index (χ0v) is 15.6. The lowest BCUT2D eigenvalue weighted by atomic mass is 9.98. The van der Waals surface area contributed by atoms with Crippen LogP contribution in [0, 0.1) is 5.92 Å². The Morgan fingerprint density at radius 3 is 2.35 bits per heavy atom. The molecule has 2 heterocycles. The molecule has 1 saturated heterocycles. The zero-order valence-electron chi connectivity index (χ0n) is 14.8. The van der Waals surface area contributed by atoms with E-state index in [2.05, 4.69) is 58.3 Å². The highest BCUT2D eigenvalue weighted by molar-refractivity contribution is 7.99. The van der Waals surface area contributed by atoms with Crippen LogP contribution in [0.3, 0.4) is 0 Å². The largest absolute Gasteiger partial charge is 0.481 e. The van der Waals surface area contributed by atoms with Gasteiger partial charge in [-0.15, -0.1) is 0 Å². The number of benzene rings is 2. The molecule has 2 aromatic carbocycles. The Bertz CT molecular complexity index is 750. The van der Waals surface area contributed by atoms with Gasteiger partial charge in [-0.1, -0.05) is 36.0 Å². The number of nitrogens with zero attached hydrogens (tertiary/aromatic N) is 2. The number of carboxylic acids is 1. The predicted octanol–water partition coefficient (Wildman–Crippen LogP) is 4.48. The first-order valence-electron chi connectivity index (χ1n) is 9.31. The first-order valence-corrected chi connectivity index (χ1v) is 10.1. The van der Waals surface area contributed by atoms with Crippen LogP contribution in [0.1, 0.15) is 19.3 Å². The Labute approximate surface area is 158 Å². The fraction of sp³-hybridized carbons (Fsp3) is 0.381. The summed E-state index contributed by atoms with van der Waals surface area (Å²) in [6.07, 6.45) is 2.83. The van der Waals surface area contributed by atoms with Crippen LogP contribution in [0.15, 0.2) is 58.3 Å². The number of carbonyl (C=O) groups is 1. The van der Waals surface area contributed by atoms with Crippen molar-refractivity contribution in [2.45, 2.75) is 29.1 Å². The molecule has 0 bridgehead atoms. The summed E-state index contributed by atoms with van der Waals surface area (Å²) in [4.78, 5) is 18.6. The molecule has 1 fully saturated rings. The molecule has 0 amide bonds. The van der Waals surface area contributed by atoms with Gasteiger partial charge in [-0.2, -0.15) is 0 Å². The van der Waals surface area contributed by atoms with E-state index in [1.54, 1.807) is 0 Å². The van der Waals surface area contributed by atoms with Crippen LogP contribution < -0.4 is 4.90 Å². The molecular weight excluding hydrogens is 344 g/mol. The van der Waals surface area contributed by atoms with Crippen LogP contribution in [0.25, 0.3) is 0 Å². The van der Waals surface area contributed by atoms with E-state index in [1.807, 2.05) is 11.8 Å². The van der Waals surface area contributed by atoms with Crippen LogP contribution in [-0.4, -0.2) is 42.2 Å². The molecule has 0 spiro atoms. The number of likely N-dealkylation sites (tertiary alicyclic amines) is 1. The van der Waals surface area contributed by atoms with Crippen molar-refractivity contribution in [2.75, 3.05) is 31.1 Å². The second-order valence-corrected chi connectivity index (χ2v) is 8.10. The van der Waals surface area contributed by atoms with Crippen LogP contribution in [0.5, 0.6) is 0 Å². The van der Waals surface area contributed by atoms with Crippen LogP contribution in [-0.2, 0) is 4.79 Å². The van der Waals surface area contributed by atoms with E-state index >= 15 is 0 Å². The topological polar surface area (TPSA) is 43.8 Å². The lowest BCUT2D eigenvalue weighted by Crippen LogP contribution is -2.39. The molecule has 2 aliphatic rings. The molecule has 0 unspecified atom stereocenters. The number of aliphatic carboxylic acids is 1. The average molecular weight is 369 g/mol. The standard InChI is InChI=1S/C21H24N2O2S/c24-21(25)16-7-5-12-22(15-16)13-6-14-23-17-8-1-3-10-19(17)26-20-11-4-2-9-18(20)23/h1-4,8-11,16H,5-7,12-15H2,(H,24,25)/t16-/m1/s1. The third kappa shape index (κ3) is 3.60. The second kappa shape index (κ2) is 7.72. The first kappa shape index (κ1) is 17.4. The number of carboxylic acid groups (broad SMARTS) is 1. The number of piperidine rings is 1. The number of hydrogen-bond donors (Lipinski definition) is 1. The van der Waals surface area contributed by atoms with Gasteiger partial charge in [0.15, 0.2) is 0 Å². The van der Waals surface area contributed by atoms with Gasteiger partial charge >= 0.3 is 5.97 Å². The quantitative estimate of drug-likeness (QED) is 0.843. The molecule has 0 saturated carbocycles. The van der Waals surface area contributed by atoms with Crippen molar-refractivity contribution in [2.24, 2.45) is 5.92 Å². The summed E-state index contributed by atoms with van der Waals surface area (Å²) in [5, 5.41) is 9.27. The normalized spacial score (nSPS) is 19.7. The van der Waals surface area contributed by atoms with Crippen LogP contribution in [0.4, 0.5) is 11.4 Å². The Morgan fingerprint density at radius 2 is 1.69 bits per heavy atom. The second-order valence-electron chi connectivity index (χ2n) is 7.02. The summed E-state index contributed by atoms with van der Waals surface area (Å²) in [6, 6.07) is 17.1. The van der Waals surface area contributed by atoms with Crippen molar-refractivity contribution >= 4 is 29.1 Å². The van der Waals surface area contributed by atoms with E-state index in [-0.39, 0.29) is 5.92 Å². The fourth-order valence-corrected chi connectivity index (χ4v) is 5.03. The summed E-state index contributed by atoms with van der Waals surface area (Å²) in [5.74, 6) is -0.845. The number of rotatable bonds is 5. The lowest BCUT2D eigenvalue weighted by Gasteiger charge is -2.34. The zero-order chi connectivity index (χ0) is 17.9. The van der Waals surface area contributed by atoms with Crippen LogP contribution >= 0.6 is 11.8 Å². The van der Waals surface area contributed by atoms with Gasteiger partial charge in [0.05, 0.1) is 17.3 Å². The number of hydrogen-bond acceptors (Lipinski definition) is 4. The van der Waals surface area contributed by atoms with Gasteiger partial charge in [-0.05, 0) is 56.6 Å². The van der Waals surface area contributed by atoms with Crippen molar-refractivity contribution in [3.8, 4) is 0 Å². The fourth-order valence-electron chi connectivity index (χ4n) is 3.93. The smallest absolute Gasteiger partial charge is 0.307 e. The molecule has 136 valence electrons. The first-order chi connectivity index (χ1) is 12.7. The van der Waals surface area contributed by atoms with Crippen molar-refractivity contribution in [1.29, 1.82) is 0 Å². The van der Waals surface area contributed by atoms with Gasteiger partial charge < -0.3 is 14.9 Å². The third-order valence-electron chi connectivity index (χ3n) is 5.24. The molecule has 0 radical (unpaired) electrons. The van der Waals surface area contributed by atoms with E-state index in [0.717, 1.165) is 38.9 Å². The summed E-state index contributed by atoms with van der Waals surface area (Å²) in [7, 11) is 0. The van der Waals surface area contributed by atoms with Gasteiger partial charge in [0.1, 0.15) is 0 Å². The highest BCUT2D eigenvalue weighted by Gasteiger charge is 2.26. The molecule has 4 rings (SSSR count). The molecular formula is C21H24N2O2S. The van der Waals surface area contributed by atoms with Crippen molar-refractivity contribution < 1.29 is 9.90 Å². The van der Waals surface area contributed by atoms with Crippen molar-refractivity contribution in [1.82, 2.24) is 4.90 Å². The summed E-state index contributed by atoms with van der Waals surface area (Å²) in [6.45, 7) is 3.62. The van der Waals surface area contributed by atoms with E-state index in [4.69, 9.17) is 0 Å². The summed E-state index contributed by atoms with van der Waals surface area (Å²) >= 11 is 1.83. The molecule has 0 aromatic heterocycles. The minimum Gasteiger partial charge on any atom is -0.481 e. The highest BCUT2D eigenvalue weighted by Crippen LogP contribution is 2.47. The highest BCUT2D eigenvalue weighted by atomic mass is 32.2. The molecule has 26 heavy (non-hydrogen) atoms. The summed E-state index contributed by atoms with van der Waals surface area (Å²) in [5.41, 5.74) is 2.55. The molecule has 0 aliphatic carbocycles. The molecule has 1 atom stereocenters. The molecule has 5 heteroatoms. The minimum atomic E-state index is -0.648. The van der Waals surface area contributed by atoms with Gasteiger partial charge in [0.2, 0.25) is 0 Å². The van der Waals surface area contributed by atoms with E-state index in [0.29, 0.717) is 6.54 Å². The molecule has 2 aromatic rings. The van der Waals surface area contributed by atoms with Gasteiger partial charge in [-0.3, -0.25) is 4.79 Å². The van der Waals surface area contributed by atoms with E-state index < -0.39 is 5.97 Å². The molecule has 4 nitrogen and oxygen atoms in total. The third-order valence-corrected chi connectivity index (χ3v) is 6.37. The number of anilines is 2. The minimum absolute atomic E-state index is 0.198. The molecule has 2 aliphatic heterocycles. The molecule has 1 N–H and O–H groups in total.